The van der Waals surface area contributed by atoms with Crippen LogP contribution in [0.2, 0.25) is 0 Å². The summed E-state index contributed by atoms with van der Waals surface area (Å²) in [6, 6.07) is 16.4. The van der Waals surface area contributed by atoms with Gasteiger partial charge in [-0.15, -0.1) is 0 Å². The molecule has 1 aromatic heterocycles. The maximum atomic E-state index is 13.5. The quantitative estimate of drug-likeness (QED) is 0.544. The Hall–Kier alpha value is -2.85. The first kappa shape index (κ1) is 23.3. The smallest absolute Gasteiger partial charge is 0.361 e. The Morgan fingerprint density at radius 1 is 1.06 bits per heavy atom. The van der Waals surface area contributed by atoms with Crippen LogP contribution in [0, 0.1) is 0 Å². The number of aryl methyl sites for hydroxylation is 1. The minimum atomic E-state index is -5.47. The summed E-state index contributed by atoms with van der Waals surface area (Å²) in [5.41, 5.74) is -2.15. The third kappa shape index (κ3) is 5.22. The van der Waals surface area contributed by atoms with Gasteiger partial charge in [-0.25, -0.2) is 13.4 Å². The molecule has 2 heterocycles. The van der Waals surface area contributed by atoms with Crippen LogP contribution in [-0.4, -0.2) is 40.8 Å². The van der Waals surface area contributed by atoms with Crippen LogP contribution in [0.3, 0.4) is 0 Å². The molecule has 33 heavy (non-hydrogen) atoms. The monoisotopic (exact) mass is 478 g/mol. The van der Waals surface area contributed by atoms with Gasteiger partial charge in [0.2, 0.25) is 0 Å². The molecule has 0 bridgehead atoms. The first-order valence-electron chi connectivity index (χ1n) is 10.7. The lowest BCUT2D eigenvalue weighted by molar-refractivity contribution is -0.0492. The number of nitrogens with one attached hydrogen (secondary N) is 1. The highest BCUT2D eigenvalue weighted by molar-refractivity contribution is 7.89. The lowest BCUT2D eigenvalue weighted by Gasteiger charge is -2.34. The summed E-state index contributed by atoms with van der Waals surface area (Å²) < 4.78 is 65.8. The van der Waals surface area contributed by atoms with E-state index in [1.165, 1.54) is 0 Å². The zero-order valence-electron chi connectivity index (χ0n) is 17.9. The van der Waals surface area contributed by atoms with Gasteiger partial charge >= 0.3 is 15.5 Å². The number of H-pyrrole nitrogens is 1. The number of hydrogen-bond donors (Lipinski definition) is 1. The first-order chi connectivity index (χ1) is 15.8. The lowest BCUT2D eigenvalue weighted by Crippen LogP contribution is -2.47. The Kier molecular flexibility index (Phi) is 6.76. The Labute approximate surface area is 191 Å². The van der Waals surface area contributed by atoms with Crippen LogP contribution >= 0.6 is 0 Å². The fraction of sp³-hybridized carbons (Fsp3) is 0.348. The summed E-state index contributed by atoms with van der Waals surface area (Å²) in [6.07, 6.45) is 5.20. The highest BCUT2D eigenvalue weighted by atomic mass is 32.2. The second kappa shape index (κ2) is 9.56. The van der Waals surface area contributed by atoms with Crippen LogP contribution in [-0.2, 0) is 29.5 Å². The molecule has 0 saturated carbocycles. The van der Waals surface area contributed by atoms with Crippen molar-refractivity contribution in [3.05, 3.63) is 83.9 Å². The Morgan fingerprint density at radius 3 is 2.48 bits per heavy atom. The molecule has 0 radical (unpaired) electrons. The number of aromatic nitrogens is 2. The van der Waals surface area contributed by atoms with Gasteiger partial charge in [0.1, 0.15) is 0 Å². The summed E-state index contributed by atoms with van der Waals surface area (Å²) in [7, 11) is -5.47. The van der Waals surface area contributed by atoms with E-state index in [-0.39, 0.29) is 13.1 Å². The second-order valence-corrected chi connectivity index (χ2v) is 10.0. The minimum absolute atomic E-state index is 0.251. The van der Waals surface area contributed by atoms with E-state index in [4.69, 9.17) is 0 Å². The maximum Gasteiger partial charge on any atom is 0.511 e. The van der Waals surface area contributed by atoms with E-state index >= 15 is 0 Å². The average molecular weight is 479 g/mol. The van der Waals surface area contributed by atoms with Gasteiger partial charge in [0, 0.05) is 31.0 Å². The lowest BCUT2D eigenvalue weighted by atomic mass is 10.0. The average Bonchev–Trinajstić information content (AvgIpc) is 3.24. The number of anilines is 1. The third-order valence-corrected chi connectivity index (χ3v) is 7.42. The van der Waals surface area contributed by atoms with Crippen molar-refractivity contribution in [1.82, 2.24) is 14.3 Å². The van der Waals surface area contributed by atoms with Crippen molar-refractivity contribution in [2.75, 3.05) is 11.4 Å². The van der Waals surface area contributed by atoms with E-state index in [0.29, 0.717) is 29.3 Å². The van der Waals surface area contributed by atoms with Crippen molar-refractivity contribution in [1.29, 1.82) is 0 Å². The van der Waals surface area contributed by atoms with Gasteiger partial charge in [-0.1, -0.05) is 48.5 Å². The normalized spacial score (nSPS) is 17.5. The largest absolute Gasteiger partial charge is 0.511 e. The summed E-state index contributed by atoms with van der Waals surface area (Å²) >= 11 is 0. The maximum absolute atomic E-state index is 13.5. The molecule has 1 atom stereocenters. The molecule has 0 spiro atoms. The molecule has 1 N–H and O–H groups in total. The topological polar surface area (TPSA) is 69.3 Å². The van der Waals surface area contributed by atoms with Crippen LogP contribution in [0.25, 0.3) is 0 Å². The number of benzene rings is 2. The molecular formula is C23H25F3N4O2S. The first-order valence-corrected chi connectivity index (χ1v) is 12.1. The van der Waals surface area contributed by atoms with E-state index < -0.39 is 21.6 Å². The van der Waals surface area contributed by atoms with E-state index in [9.17, 15) is 21.6 Å². The van der Waals surface area contributed by atoms with Gasteiger partial charge in [0.05, 0.1) is 18.6 Å². The van der Waals surface area contributed by atoms with Gasteiger partial charge in [-0.2, -0.15) is 17.5 Å². The number of aromatic amines is 1. The molecule has 0 amide bonds. The molecule has 1 aliphatic heterocycles. The predicted octanol–water partition coefficient (Wildman–Crippen LogP) is 4.47. The van der Waals surface area contributed by atoms with E-state index in [1.807, 2.05) is 47.4 Å². The number of fused-ring (bicyclic) bond motifs is 1. The van der Waals surface area contributed by atoms with Crippen molar-refractivity contribution in [3.8, 4) is 0 Å². The SMILES string of the molecule is O=S(=O)(N1Cc2ccccc2N(Cc2cnc[nH]2)C(CCCc2ccccc2)C1)C(F)(F)F. The summed E-state index contributed by atoms with van der Waals surface area (Å²) in [6.45, 7) is -0.195. The molecule has 0 aliphatic carbocycles. The highest BCUT2D eigenvalue weighted by Gasteiger charge is 2.51. The number of sulfonamides is 1. The molecule has 4 rings (SSSR count). The highest BCUT2D eigenvalue weighted by Crippen LogP contribution is 2.35. The Morgan fingerprint density at radius 2 is 1.79 bits per heavy atom. The van der Waals surface area contributed by atoms with Crippen LogP contribution in [0.1, 0.15) is 29.7 Å². The zero-order chi connectivity index (χ0) is 23.5. The van der Waals surface area contributed by atoms with Gasteiger partial charge in [-0.3, -0.25) is 0 Å². The minimum Gasteiger partial charge on any atom is -0.361 e. The molecule has 176 valence electrons. The van der Waals surface area contributed by atoms with Gasteiger partial charge in [0.15, 0.2) is 0 Å². The second-order valence-electron chi connectivity index (χ2n) is 8.11. The number of para-hydroxylation sites is 1. The number of halogens is 3. The van der Waals surface area contributed by atoms with Crippen molar-refractivity contribution >= 4 is 15.7 Å². The molecule has 0 fully saturated rings. The number of alkyl halides is 3. The number of imidazole rings is 1. The number of hydrogen-bond acceptors (Lipinski definition) is 4. The van der Waals surface area contributed by atoms with Crippen LogP contribution < -0.4 is 4.90 Å². The van der Waals surface area contributed by atoms with Crippen LogP contribution in [0.15, 0.2) is 67.1 Å². The van der Waals surface area contributed by atoms with Crippen molar-refractivity contribution in [3.63, 3.8) is 0 Å². The molecular weight excluding hydrogens is 453 g/mol. The molecule has 10 heteroatoms. The van der Waals surface area contributed by atoms with Crippen LogP contribution in [0.4, 0.5) is 18.9 Å². The summed E-state index contributed by atoms with van der Waals surface area (Å²) in [5.74, 6) is 0. The van der Waals surface area contributed by atoms with E-state index in [0.717, 1.165) is 23.4 Å². The molecule has 0 saturated heterocycles. The number of nitrogens with zero attached hydrogens (tertiary/aromatic N) is 3. The Balaban J connectivity index is 1.67. The van der Waals surface area contributed by atoms with Crippen molar-refractivity contribution in [2.45, 2.75) is 43.9 Å². The molecule has 6 nitrogen and oxygen atoms in total. The van der Waals surface area contributed by atoms with Crippen molar-refractivity contribution in [2.24, 2.45) is 0 Å². The van der Waals surface area contributed by atoms with Gasteiger partial charge in [0.25, 0.3) is 0 Å². The molecule has 1 aliphatic rings. The standard InChI is InChI=1S/C23H25F3N4O2S/c24-23(25,26)33(31,32)29-14-19-10-4-5-12-22(19)30(15-20-13-27-17-28-20)21(16-29)11-6-9-18-7-2-1-3-8-18/h1-5,7-8,10,12-13,17,21H,6,9,11,14-16H2,(H,27,28). The molecule has 2 aromatic carbocycles. The Bertz CT molecular complexity index is 1150. The number of rotatable bonds is 7. The predicted molar refractivity (Wildman–Crippen MR) is 120 cm³/mol. The van der Waals surface area contributed by atoms with E-state index in [2.05, 4.69) is 9.97 Å². The zero-order valence-corrected chi connectivity index (χ0v) is 18.7. The van der Waals surface area contributed by atoms with E-state index in [1.54, 1.807) is 24.7 Å². The van der Waals surface area contributed by atoms with Gasteiger partial charge < -0.3 is 9.88 Å². The third-order valence-electron chi connectivity index (χ3n) is 5.88. The van der Waals surface area contributed by atoms with Crippen LogP contribution in [0.5, 0.6) is 0 Å². The summed E-state index contributed by atoms with van der Waals surface area (Å²) in [5, 5.41) is 0. The fourth-order valence-electron chi connectivity index (χ4n) is 4.24. The molecule has 1 unspecified atom stereocenters. The van der Waals surface area contributed by atoms with Crippen molar-refractivity contribution < 1.29 is 21.6 Å². The fourth-order valence-corrected chi connectivity index (χ4v) is 5.21. The van der Waals surface area contributed by atoms with Gasteiger partial charge in [-0.05, 0) is 36.5 Å². The molecule has 3 aromatic rings. The summed E-state index contributed by atoms with van der Waals surface area (Å²) in [4.78, 5) is 9.08.